The number of ketones is 1. The van der Waals surface area contributed by atoms with Crippen molar-refractivity contribution < 1.29 is 28.6 Å². The molecular weight excluding hydrogens is 400 g/mol. The summed E-state index contributed by atoms with van der Waals surface area (Å²) in [5.41, 5.74) is -0.962. The molecule has 1 aromatic carbocycles. The number of methoxy groups -OCH3 is 1. The molecule has 1 spiro atoms. The number of hydrogen-bond acceptors (Lipinski definition) is 6. The van der Waals surface area contributed by atoms with Crippen LogP contribution in [0.4, 0.5) is 5.69 Å². The summed E-state index contributed by atoms with van der Waals surface area (Å²) >= 11 is 0. The Labute approximate surface area is 179 Å². The summed E-state index contributed by atoms with van der Waals surface area (Å²) in [5.74, 6) is -2.21. The molecular formula is C23H24N2O6. The minimum Gasteiger partial charge on any atom is -0.503 e. The highest BCUT2D eigenvalue weighted by molar-refractivity contribution is 6.25. The zero-order valence-corrected chi connectivity index (χ0v) is 17.7. The first-order valence-electron chi connectivity index (χ1n) is 10.2. The normalized spacial score (nSPS) is 20.4. The van der Waals surface area contributed by atoms with Gasteiger partial charge in [0.15, 0.2) is 17.1 Å². The monoisotopic (exact) mass is 424 g/mol. The average molecular weight is 424 g/mol. The van der Waals surface area contributed by atoms with E-state index in [1.54, 1.807) is 42.2 Å². The van der Waals surface area contributed by atoms with Gasteiger partial charge in [-0.05, 0) is 31.5 Å². The number of aliphatic hydroxyl groups is 1. The van der Waals surface area contributed by atoms with Crippen molar-refractivity contribution in [1.82, 2.24) is 4.90 Å². The van der Waals surface area contributed by atoms with Crippen LogP contribution in [0.2, 0.25) is 0 Å². The molecule has 0 saturated carbocycles. The van der Waals surface area contributed by atoms with Crippen LogP contribution in [0, 0.1) is 6.92 Å². The molecule has 31 heavy (non-hydrogen) atoms. The van der Waals surface area contributed by atoms with E-state index >= 15 is 0 Å². The Morgan fingerprint density at radius 2 is 1.90 bits per heavy atom. The number of aryl methyl sites for hydroxylation is 1. The molecule has 1 unspecified atom stereocenters. The molecule has 2 aromatic rings. The van der Waals surface area contributed by atoms with Crippen LogP contribution in [-0.2, 0) is 19.9 Å². The van der Waals surface area contributed by atoms with Crippen molar-refractivity contribution in [2.45, 2.75) is 25.8 Å². The first-order valence-corrected chi connectivity index (χ1v) is 10.2. The predicted octanol–water partition coefficient (Wildman–Crippen LogP) is 2.72. The molecule has 0 aliphatic carbocycles. The van der Waals surface area contributed by atoms with E-state index in [0.717, 1.165) is 0 Å². The van der Waals surface area contributed by atoms with E-state index in [1.165, 1.54) is 18.1 Å². The smallest absolute Gasteiger partial charge is 0.290 e. The Morgan fingerprint density at radius 1 is 1.16 bits per heavy atom. The van der Waals surface area contributed by atoms with Crippen LogP contribution in [0.5, 0.6) is 0 Å². The zero-order valence-electron chi connectivity index (χ0n) is 17.7. The third kappa shape index (κ3) is 2.82. The van der Waals surface area contributed by atoms with Crippen molar-refractivity contribution in [2.75, 3.05) is 31.7 Å². The van der Waals surface area contributed by atoms with Gasteiger partial charge in [-0.15, -0.1) is 0 Å². The fraction of sp³-hybridized carbons (Fsp3) is 0.348. The van der Waals surface area contributed by atoms with Gasteiger partial charge in [-0.3, -0.25) is 14.4 Å². The van der Waals surface area contributed by atoms with Crippen LogP contribution in [0.3, 0.4) is 0 Å². The predicted molar refractivity (Wildman–Crippen MR) is 112 cm³/mol. The number of rotatable bonds is 7. The molecule has 2 amide bonds. The molecule has 8 nitrogen and oxygen atoms in total. The van der Waals surface area contributed by atoms with Crippen molar-refractivity contribution in [3.63, 3.8) is 0 Å². The molecule has 3 heterocycles. The molecule has 1 atom stereocenters. The van der Waals surface area contributed by atoms with E-state index in [1.807, 2.05) is 6.92 Å². The van der Waals surface area contributed by atoms with Gasteiger partial charge < -0.3 is 24.1 Å². The molecule has 1 aromatic heterocycles. The van der Waals surface area contributed by atoms with Crippen molar-refractivity contribution in [3.05, 3.63) is 64.8 Å². The van der Waals surface area contributed by atoms with E-state index in [0.29, 0.717) is 30.0 Å². The Kier molecular flexibility index (Phi) is 5.18. The second kappa shape index (κ2) is 7.70. The fourth-order valence-electron chi connectivity index (χ4n) is 4.48. The lowest BCUT2D eigenvalue weighted by atomic mass is 9.81. The molecule has 162 valence electrons. The van der Waals surface area contributed by atoms with Crippen molar-refractivity contribution >= 4 is 23.3 Å². The molecule has 0 saturated heterocycles. The van der Waals surface area contributed by atoms with Gasteiger partial charge in [-0.1, -0.05) is 25.1 Å². The molecule has 4 rings (SSSR count). The van der Waals surface area contributed by atoms with Gasteiger partial charge in [0.1, 0.15) is 5.76 Å². The number of aliphatic hydroxyl groups excluding tert-OH is 1. The first kappa shape index (κ1) is 20.9. The molecule has 2 aliphatic heterocycles. The largest absolute Gasteiger partial charge is 0.503 e. The molecule has 2 aliphatic rings. The second-order valence-electron chi connectivity index (χ2n) is 7.60. The van der Waals surface area contributed by atoms with Gasteiger partial charge in [0, 0.05) is 25.8 Å². The minimum absolute atomic E-state index is 0.0212. The number of para-hydroxylation sites is 1. The van der Waals surface area contributed by atoms with Crippen molar-refractivity contribution in [1.29, 1.82) is 0 Å². The number of Topliss-reactive ketones (excluding diaryl/α,β-unsaturated/α-hetero) is 1. The van der Waals surface area contributed by atoms with Gasteiger partial charge >= 0.3 is 0 Å². The minimum atomic E-state index is -1.77. The van der Waals surface area contributed by atoms with E-state index in [-0.39, 0.29) is 24.5 Å². The van der Waals surface area contributed by atoms with Gasteiger partial charge in [-0.25, -0.2) is 0 Å². The highest BCUT2D eigenvalue weighted by Gasteiger charge is 2.65. The quantitative estimate of drug-likeness (QED) is 0.686. The number of amides is 2. The maximum atomic E-state index is 14.0. The SMILES string of the molecule is CCCN1C(=O)C2(C(C(=O)c3ccc(C)o3)=C(O)C(=O)N2CCOC)c2ccccc21. The Hall–Kier alpha value is -3.39. The Bertz CT molecular complexity index is 1100. The molecule has 8 heteroatoms. The summed E-state index contributed by atoms with van der Waals surface area (Å²) in [4.78, 5) is 43.4. The van der Waals surface area contributed by atoms with E-state index in [9.17, 15) is 19.5 Å². The number of anilines is 1. The standard InChI is InChI=1S/C23H24N2O6/c1-4-11-24-16-8-6-5-7-15(16)23(22(24)29)18(19(26)17-10-9-14(2)31-17)20(27)21(28)25(23)12-13-30-3/h5-10,27H,4,11-13H2,1-3H3. The first-order chi connectivity index (χ1) is 14.9. The van der Waals surface area contributed by atoms with Gasteiger partial charge in [0.25, 0.3) is 11.8 Å². The summed E-state index contributed by atoms with van der Waals surface area (Å²) in [6.45, 7) is 4.18. The number of furan rings is 1. The maximum absolute atomic E-state index is 14.0. The lowest BCUT2D eigenvalue weighted by Crippen LogP contribution is -2.54. The van der Waals surface area contributed by atoms with Crippen LogP contribution in [0.15, 0.2) is 52.1 Å². The number of ether oxygens (including phenoxy) is 1. The third-order valence-corrected chi connectivity index (χ3v) is 5.75. The topological polar surface area (TPSA) is 100 Å². The number of fused-ring (bicyclic) bond motifs is 2. The number of hydrogen-bond donors (Lipinski definition) is 1. The lowest BCUT2D eigenvalue weighted by molar-refractivity contribution is -0.140. The zero-order chi connectivity index (χ0) is 22.3. The summed E-state index contributed by atoms with van der Waals surface area (Å²) in [6.07, 6.45) is 0.679. The van der Waals surface area contributed by atoms with Crippen molar-refractivity contribution in [2.24, 2.45) is 0 Å². The van der Waals surface area contributed by atoms with Crippen LogP contribution < -0.4 is 4.90 Å². The third-order valence-electron chi connectivity index (χ3n) is 5.75. The van der Waals surface area contributed by atoms with E-state index in [2.05, 4.69) is 0 Å². The Balaban J connectivity index is 1.99. The number of nitrogens with zero attached hydrogens (tertiary/aromatic N) is 2. The van der Waals surface area contributed by atoms with Crippen LogP contribution in [0.1, 0.15) is 35.2 Å². The lowest BCUT2D eigenvalue weighted by Gasteiger charge is -2.35. The van der Waals surface area contributed by atoms with Gasteiger partial charge in [0.05, 0.1) is 17.9 Å². The van der Waals surface area contributed by atoms with Gasteiger partial charge in [-0.2, -0.15) is 0 Å². The summed E-state index contributed by atoms with van der Waals surface area (Å²) < 4.78 is 10.6. The van der Waals surface area contributed by atoms with Crippen molar-refractivity contribution in [3.8, 4) is 0 Å². The Morgan fingerprint density at radius 3 is 2.55 bits per heavy atom. The molecule has 1 N–H and O–H groups in total. The second-order valence-corrected chi connectivity index (χ2v) is 7.60. The highest BCUT2D eigenvalue weighted by Crippen LogP contribution is 2.53. The van der Waals surface area contributed by atoms with Crippen LogP contribution in [-0.4, -0.2) is 54.4 Å². The highest BCUT2D eigenvalue weighted by atomic mass is 16.5. The van der Waals surface area contributed by atoms with E-state index in [4.69, 9.17) is 9.15 Å². The number of benzene rings is 1. The molecule has 0 fully saturated rings. The number of carbonyl (C=O) groups excluding carboxylic acids is 3. The van der Waals surface area contributed by atoms with E-state index < -0.39 is 28.9 Å². The fourth-order valence-corrected chi connectivity index (χ4v) is 4.48. The van der Waals surface area contributed by atoms with Crippen LogP contribution in [0.25, 0.3) is 0 Å². The molecule has 0 bridgehead atoms. The summed E-state index contributed by atoms with van der Waals surface area (Å²) in [5, 5.41) is 10.9. The van der Waals surface area contributed by atoms with Crippen LogP contribution >= 0.6 is 0 Å². The number of carbonyl (C=O) groups is 3. The average Bonchev–Trinajstić information content (AvgIpc) is 3.37. The van der Waals surface area contributed by atoms with Gasteiger partial charge in [0.2, 0.25) is 5.78 Å². The summed E-state index contributed by atoms with van der Waals surface area (Å²) in [7, 11) is 1.48. The molecule has 0 radical (unpaired) electrons. The summed E-state index contributed by atoms with van der Waals surface area (Å²) in [6, 6.07) is 10.1. The maximum Gasteiger partial charge on any atom is 0.290 e.